The summed E-state index contributed by atoms with van der Waals surface area (Å²) in [6.07, 6.45) is 2.12. The first kappa shape index (κ1) is 17.4. The fourth-order valence-corrected chi connectivity index (χ4v) is 3.07. The van der Waals surface area contributed by atoms with Gasteiger partial charge in [0, 0.05) is 38.6 Å². The molecule has 3 N–H and O–H groups in total. The van der Waals surface area contributed by atoms with Crippen LogP contribution in [0.15, 0.2) is 18.2 Å². The van der Waals surface area contributed by atoms with Crippen molar-refractivity contribution in [2.75, 3.05) is 37.4 Å². The van der Waals surface area contributed by atoms with Crippen LogP contribution in [0, 0.1) is 5.92 Å². The number of benzene rings is 1. The molecule has 1 heterocycles. The minimum Gasteiger partial charge on any atom is -0.376 e. The number of hydrogen-bond donors (Lipinski definition) is 2. The van der Waals surface area contributed by atoms with Crippen LogP contribution >= 0.6 is 11.6 Å². The van der Waals surface area contributed by atoms with Crippen molar-refractivity contribution in [3.05, 3.63) is 23.2 Å². The van der Waals surface area contributed by atoms with E-state index in [-0.39, 0.29) is 17.9 Å². The summed E-state index contributed by atoms with van der Waals surface area (Å²) < 4.78 is 0. The van der Waals surface area contributed by atoms with Gasteiger partial charge in [0.15, 0.2) is 0 Å². The molecule has 0 radical (unpaired) electrons. The van der Waals surface area contributed by atoms with Crippen LogP contribution in [0.3, 0.4) is 0 Å². The fraction of sp³-hybridized carbons (Fsp3) is 0.500. The van der Waals surface area contributed by atoms with Gasteiger partial charge < -0.3 is 20.9 Å². The number of nitrogens with zero attached hydrogens (tertiary/aromatic N) is 2. The molecule has 1 fully saturated rings. The van der Waals surface area contributed by atoms with Gasteiger partial charge in [-0.25, -0.2) is 4.79 Å². The smallest absolute Gasteiger partial charge is 0.321 e. The minimum atomic E-state index is -0.318. The maximum Gasteiger partial charge on any atom is 0.321 e. The number of halogens is 1. The monoisotopic (exact) mass is 338 g/mol. The van der Waals surface area contributed by atoms with Crippen molar-refractivity contribution in [2.24, 2.45) is 11.7 Å². The van der Waals surface area contributed by atoms with Crippen LogP contribution < -0.4 is 16.0 Å². The van der Waals surface area contributed by atoms with Crippen molar-refractivity contribution in [2.45, 2.75) is 19.3 Å². The van der Waals surface area contributed by atoms with E-state index in [1.54, 1.807) is 17.0 Å². The Kier molecular flexibility index (Phi) is 5.71. The number of carbonyl (C=O) groups is 2. The Morgan fingerprint density at radius 1 is 1.43 bits per heavy atom. The molecule has 1 aliphatic rings. The summed E-state index contributed by atoms with van der Waals surface area (Å²) in [5.41, 5.74) is 6.81. The highest BCUT2D eigenvalue weighted by Gasteiger charge is 2.25. The van der Waals surface area contributed by atoms with Gasteiger partial charge in [0.25, 0.3) is 0 Å². The topological polar surface area (TPSA) is 78.7 Å². The average molecular weight is 339 g/mol. The van der Waals surface area contributed by atoms with Gasteiger partial charge in [0.1, 0.15) is 0 Å². The zero-order chi connectivity index (χ0) is 17.0. The van der Waals surface area contributed by atoms with Crippen LogP contribution in [0.4, 0.5) is 16.2 Å². The molecule has 1 atom stereocenters. The molecule has 23 heavy (non-hydrogen) atoms. The zero-order valence-corrected chi connectivity index (χ0v) is 14.3. The van der Waals surface area contributed by atoms with Gasteiger partial charge in [-0.2, -0.15) is 0 Å². The number of primary amides is 1. The molecule has 0 spiro atoms. The van der Waals surface area contributed by atoms with Crippen molar-refractivity contribution < 1.29 is 9.59 Å². The number of carbonyl (C=O) groups excluding carboxylic acids is 2. The number of anilines is 2. The number of urea groups is 1. The minimum absolute atomic E-state index is 0.139. The van der Waals surface area contributed by atoms with Gasteiger partial charge in [-0.1, -0.05) is 11.6 Å². The van der Waals surface area contributed by atoms with E-state index in [0.717, 1.165) is 18.5 Å². The number of likely N-dealkylation sites (tertiary alicyclic amines) is 1. The lowest BCUT2D eigenvalue weighted by atomic mass is 9.95. The van der Waals surface area contributed by atoms with E-state index in [9.17, 15) is 9.59 Å². The molecule has 1 aliphatic heterocycles. The SMILES string of the molecule is CN(C)c1ccc(Cl)cc1NC(=O)N1CCC[C@H](CC(N)=O)C1. The van der Waals surface area contributed by atoms with E-state index in [4.69, 9.17) is 17.3 Å². The second-order valence-electron chi connectivity index (χ2n) is 6.11. The molecule has 7 heteroatoms. The third kappa shape index (κ3) is 4.76. The lowest BCUT2D eigenvalue weighted by Crippen LogP contribution is -2.43. The maximum absolute atomic E-state index is 12.5. The standard InChI is InChI=1S/C16H23ClN4O2/c1-20(2)14-6-5-12(17)9-13(14)19-16(23)21-7-3-4-11(10-21)8-15(18)22/h5-6,9,11H,3-4,7-8,10H2,1-2H3,(H2,18,22)(H,19,23)/t11-/m1/s1. The molecule has 1 aromatic carbocycles. The molecule has 0 bridgehead atoms. The third-order valence-electron chi connectivity index (χ3n) is 3.98. The molecule has 3 amide bonds. The Morgan fingerprint density at radius 3 is 2.83 bits per heavy atom. The molecule has 0 aliphatic carbocycles. The Hall–Kier alpha value is -1.95. The number of amides is 3. The predicted molar refractivity (Wildman–Crippen MR) is 92.9 cm³/mol. The highest BCUT2D eigenvalue weighted by molar-refractivity contribution is 6.31. The number of nitrogens with one attached hydrogen (secondary N) is 1. The van der Waals surface area contributed by atoms with Crippen LogP contribution in [-0.2, 0) is 4.79 Å². The fourth-order valence-electron chi connectivity index (χ4n) is 2.89. The molecular formula is C16H23ClN4O2. The number of piperidine rings is 1. The maximum atomic E-state index is 12.5. The van der Waals surface area contributed by atoms with Crippen molar-refractivity contribution >= 4 is 34.9 Å². The summed E-state index contributed by atoms with van der Waals surface area (Å²) in [6.45, 7) is 1.23. The van der Waals surface area contributed by atoms with Gasteiger partial charge in [-0.15, -0.1) is 0 Å². The van der Waals surface area contributed by atoms with E-state index in [1.165, 1.54) is 0 Å². The molecule has 0 unspecified atom stereocenters. The number of hydrogen-bond acceptors (Lipinski definition) is 3. The van der Waals surface area contributed by atoms with E-state index in [2.05, 4.69) is 5.32 Å². The summed E-state index contributed by atoms with van der Waals surface area (Å²) in [7, 11) is 3.81. The molecule has 126 valence electrons. The Balaban J connectivity index is 2.07. The van der Waals surface area contributed by atoms with E-state index in [0.29, 0.717) is 30.2 Å². The van der Waals surface area contributed by atoms with Gasteiger partial charge in [0.2, 0.25) is 5.91 Å². The molecule has 2 rings (SSSR count). The van der Waals surface area contributed by atoms with E-state index in [1.807, 2.05) is 25.1 Å². The van der Waals surface area contributed by atoms with Crippen LogP contribution in [0.1, 0.15) is 19.3 Å². The highest BCUT2D eigenvalue weighted by atomic mass is 35.5. The van der Waals surface area contributed by atoms with Gasteiger partial charge in [0.05, 0.1) is 11.4 Å². The van der Waals surface area contributed by atoms with Crippen LogP contribution in [0.25, 0.3) is 0 Å². The van der Waals surface area contributed by atoms with Crippen molar-refractivity contribution in [3.63, 3.8) is 0 Å². The first-order valence-electron chi connectivity index (χ1n) is 7.68. The van der Waals surface area contributed by atoms with E-state index < -0.39 is 0 Å². The van der Waals surface area contributed by atoms with Gasteiger partial charge in [-0.05, 0) is 37.0 Å². The Morgan fingerprint density at radius 2 is 2.17 bits per heavy atom. The first-order valence-corrected chi connectivity index (χ1v) is 8.05. The zero-order valence-electron chi connectivity index (χ0n) is 13.5. The van der Waals surface area contributed by atoms with Crippen molar-refractivity contribution in [1.82, 2.24) is 4.90 Å². The quantitative estimate of drug-likeness (QED) is 0.885. The van der Waals surface area contributed by atoms with Crippen LogP contribution in [0.5, 0.6) is 0 Å². The number of rotatable bonds is 4. The molecule has 6 nitrogen and oxygen atoms in total. The summed E-state index contributed by atoms with van der Waals surface area (Å²) in [5, 5.41) is 3.49. The summed E-state index contributed by atoms with van der Waals surface area (Å²) >= 11 is 6.04. The summed E-state index contributed by atoms with van der Waals surface area (Å²) in [6, 6.07) is 5.21. The second kappa shape index (κ2) is 7.55. The average Bonchev–Trinajstić information content (AvgIpc) is 2.46. The highest BCUT2D eigenvalue weighted by Crippen LogP contribution is 2.28. The Labute approximate surface area is 141 Å². The summed E-state index contributed by atoms with van der Waals surface area (Å²) in [5.74, 6) is -0.179. The largest absolute Gasteiger partial charge is 0.376 e. The lowest BCUT2D eigenvalue weighted by Gasteiger charge is -2.32. The first-order chi connectivity index (χ1) is 10.9. The Bertz CT molecular complexity index is 591. The normalized spacial score (nSPS) is 17.7. The molecule has 0 saturated carbocycles. The summed E-state index contributed by atoms with van der Waals surface area (Å²) in [4.78, 5) is 27.2. The number of nitrogens with two attached hydrogens (primary N) is 1. The molecule has 1 aromatic rings. The van der Waals surface area contributed by atoms with Crippen molar-refractivity contribution in [3.8, 4) is 0 Å². The molecule has 1 saturated heterocycles. The predicted octanol–water partition coefficient (Wildman–Crippen LogP) is 2.53. The van der Waals surface area contributed by atoms with Crippen LogP contribution in [0.2, 0.25) is 5.02 Å². The van der Waals surface area contributed by atoms with Gasteiger partial charge >= 0.3 is 6.03 Å². The molecule has 0 aromatic heterocycles. The lowest BCUT2D eigenvalue weighted by molar-refractivity contribution is -0.119. The third-order valence-corrected chi connectivity index (χ3v) is 4.21. The molecular weight excluding hydrogens is 316 g/mol. The van der Waals surface area contributed by atoms with Crippen LogP contribution in [-0.4, -0.2) is 44.0 Å². The van der Waals surface area contributed by atoms with Crippen molar-refractivity contribution in [1.29, 1.82) is 0 Å². The van der Waals surface area contributed by atoms with Gasteiger partial charge in [-0.3, -0.25) is 4.79 Å². The second-order valence-corrected chi connectivity index (χ2v) is 6.55. The van der Waals surface area contributed by atoms with E-state index >= 15 is 0 Å².